The third-order valence-corrected chi connectivity index (χ3v) is 7.06. The number of hydrogen-bond acceptors (Lipinski definition) is 7. The van der Waals surface area contributed by atoms with Gasteiger partial charge in [-0.1, -0.05) is 31.1 Å². The lowest BCUT2D eigenvalue weighted by Gasteiger charge is -2.06. The summed E-state index contributed by atoms with van der Waals surface area (Å²) in [7, 11) is -2.14. The minimum atomic E-state index is -3.41. The Morgan fingerprint density at radius 2 is 1.82 bits per heavy atom. The van der Waals surface area contributed by atoms with Crippen LogP contribution in [0.5, 0.6) is 5.75 Å². The van der Waals surface area contributed by atoms with E-state index in [1.165, 1.54) is 19.2 Å². The maximum atomic E-state index is 12.8. The summed E-state index contributed by atoms with van der Waals surface area (Å²) >= 11 is 1.13. The lowest BCUT2D eigenvalue weighted by atomic mass is 10.2. The van der Waals surface area contributed by atoms with Gasteiger partial charge in [-0.05, 0) is 48.9 Å². The highest BCUT2D eigenvalue weighted by atomic mass is 32.2. The van der Waals surface area contributed by atoms with Gasteiger partial charge in [0.2, 0.25) is 0 Å². The Morgan fingerprint density at radius 1 is 1.09 bits per heavy atom. The largest absolute Gasteiger partial charge is 0.494 e. The molecule has 0 saturated heterocycles. The molecule has 0 atom stereocenters. The lowest BCUT2D eigenvalue weighted by molar-refractivity contribution is -0.141. The van der Waals surface area contributed by atoms with E-state index in [1.807, 2.05) is 0 Å². The van der Waals surface area contributed by atoms with Gasteiger partial charge in [-0.3, -0.25) is 9.59 Å². The topological polar surface area (TPSA) is 104 Å². The van der Waals surface area contributed by atoms with Crippen LogP contribution >= 0.6 is 11.3 Å². The zero-order valence-electron chi connectivity index (χ0n) is 18.7. The van der Waals surface area contributed by atoms with Crippen molar-refractivity contribution in [3.8, 4) is 5.75 Å². The number of carbonyl (C=O) groups is 2. The molecule has 3 aromatic rings. The number of nitrogens with zero attached hydrogens (tertiary/aromatic N) is 2. The molecule has 0 aliphatic heterocycles. The minimum Gasteiger partial charge on any atom is -0.494 e. The molecule has 0 radical (unpaired) electrons. The van der Waals surface area contributed by atoms with Crippen molar-refractivity contribution in [1.82, 2.24) is 4.57 Å². The number of thiazole rings is 1. The molecule has 0 aliphatic carbocycles. The van der Waals surface area contributed by atoms with Crippen LogP contribution in [0.25, 0.3) is 10.2 Å². The Balaban J connectivity index is 1.95. The fraction of sp³-hybridized carbons (Fsp3) is 0.348. The maximum Gasteiger partial charge on any atom is 0.325 e. The number of fused-ring (bicyclic) bond motifs is 1. The van der Waals surface area contributed by atoms with Crippen molar-refractivity contribution in [3.05, 3.63) is 52.8 Å². The van der Waals surface area contributed by atoms with E-state index in [2.05, 4.69) is 11.9 Å². The second-order valence-electron chi connectivity index (χ2n) is 7.45. The van der Waals surface area contributed by atoms with Crippen LogP contribution in [0, 0.1) is 0 Å². The van der Waals surface area contributed by atoms with Crippen molar-refractivity contribution in [1.29, 1.82) is 0 Å². The van der Waals surface area contributed by atoms with E-state index in [0.717, 1.165) is 36.9 Å². The van der Waals surface area contributed by atoms with Crippen LogP contribution < -0.4 is 9.54 Å². The van der Waals surface area contributed by atoms with E-state index >= 15 is 0 Å². The van der Waals surface area contributed by atoms with Gasteiger partial charge in [0, 0.05) is 11.8 Å². The number of rotatable bonds is 9. The molecule has 33 heavy (non-hydrogen) atoms. The van der Waals surface area contributed by atoms with Crippen molar-refractivity contribution >= 4 is 43.3 Å². The van der Waals surface area contributed by atoms with Crippen molar-refractivity contribution in [2.24, 2.45) is 4.99 Å². The first-order valence-corrected chi connectivity index (χ1v) is 13.2. The molecule has 0 spiro atoms. The predicted octanol–water partition coefficient (Wildman–Crippen LogP) is 3.59. The molecule has 8 nitrogen and oxygen atoms in total. The van der Waals surface area contributed by atoms with E-state index in [0.29, 0.717) is 28.1 Å². The van der Waals surface area contributed by atoms with Gasteiger partial charge in [-0.15, -0.1) is 0 Å². The van der Waals surface area contributed by atoms with Crippen LogP contribution in [-0.4, -0.2) is 44.8 Å². The Kier molecular flexibility index (Phi) is 8.04. The van der Waals surface area contributed by atoms with Crippen LogP contribution in [0.2, 0.25) is 0 Å². The number of aromatic nitrogens is 1. The molecule has 2 aromatic carbocycles. The predicted molar refractivity (Wildman–Crippen MR) is 126 cm³/mol. The molecular formula is C23H26N2O6S2. The smallest absolute Gasteiger partial charge is 0.325 e. The number of carbonyl (C=O) groups excluding carboxylic acids is 2. The van der Waals surface area contributed by atoms with Crippen LogP contribution in [0.4, 0.5) is 0 Å². The number of esters is 1. The van der Waals surface area contributed by atoms with Gasteiger partial charge in [-0.25, -0.2) is 8.42 Å². The second-order valence-corrected chi connectivity index (χ2v) is 10.5. The molecule has 0 saturated carbocycles. The normalized spacial score (nSPS) is 12.2. The highest BCUT2D eigenvalue weighted by Gasteiger charge is 2.15. The van der Waals surface area contributed by atoms with Crippen molar-refractivity contribution in [2.45, 2.75) is 37.6 Å². The van der Waals surface area contributed by atoms with Crippen LogP contribution in [0.15, 0.2) is 52.4 Å². The monoisotopic (exact) mass is 490 g/mol. The van der Waals surface area contributed by atoms with E-state index < -0.39 is 21.7 Å². The highest BCUT2D eigenvalue weighted by molar-refractivity contribution is 7.90. The molecule has 3 rings (SSSR count). The summed E-state index contributed by atoms with van der Waals surface area (Å²) in [6.45, 7) is 2.58. The molecule has 0 unspecified atom stereocenters. The van der Waals surface area contributed by atoms with Crippen LogP contribution in [0.3, 0.4) is 0 Å². The fourth-order valence-corrected chi connectivity index (χ4v) is 4.89. The van der Waals surface area contributed by atoms with Crippen molar-refractivity contribution in [3.63, 3.8) is 0 Å². The summed E-state index contributed by atoms with van der Waals surface area (Å²) in [5.41, 5.74) is 0.954. The lowest BCUT2D eigenvalue weighted by Crippen LogP contribution is -2.22. The molecule has 10 heteroatoms. The summed E-state index contributed by atoms with van der Waals surface area (Å²) in [6, 6.07) is 11.3. The zero-order chi connectivity index (χ0) is 24.0. The third-order valence-electron chi connectivity index (χ3n) is 4.91. The van der Waals surface area contributed by atoms with E-state index in [9.17, 15) is 18.0 Å². The quantitative estimate of drug-likeness (QED) is 0.335. The first-order chi connectivity index (χ1) is 15.7. The minimum absolute atomic E-state index is 0.147. The number of unbranched alkanes of at least 4 members (excludes halogenated alkanes) is 2. The SMILES string of the molecule is CCCCCOc1ccc(C(=O)N=c2sc3cc(S(C)(=O)=O)ccc3n2CC(=O)OC)cc1. The molecule has 0 N–H and O–H groups in total. The van der Waals surface area contributed by atoms with Gasteiger partial charge in [0.1, 0.15) is 12.3 Å². The first-order valence-electron chi connectivity index (χ1n) is 10.4. The number of ether oxygens (including phenoxy) is 2. The highest BCUT2D eigenvalue weighted by Crippen LogP contribution is 2.22. The van der Waals surface area contributed by atoms with Crippen molar-refractivity contribution < 1.29 is 27.5 Å². The zero-order valence-corrected chi connectivity index (χ0v) is 20.4. The van der Waals surface area contributed by atoms with Gasteiger partial charge >= 0.3 is 5.97 Å². The summed E-state index contributed by atoms with van der Waals surface area (Å²) in [5, 5.41) is 0. The maximum absolute atomic E-state index is 12.8. The van der Waals surface area contributed by atoms with E-state index in [-0.39, 0.29) is 16.2 Å². The average Bonchev–Trinajstić information content (AvgIpc) is 3.12. The molecule has 176 valence electrons. The first kappa shape index (κ1) is 24.7. The molecule has 1 heterocycles. The number of methoxy groups -OCH3 is 1. The molecular weight excluding hydrogens is 464 g/mol. The standard InChI is InChI=1S/C23H26N2O6S2/c1-4-5-6-13-31-17-9-7-16(8-10-17)22(27)24-23-25(15-21(26)30-2)19-12-11-18(33(3,28)29)14-20(19)32-23/h7-12,14H,4-6,13,15H2,1-3H3. The van der Waals surface area contributed by atoms with Gasteiger partial charge in [0.25, 0.3) is 5.91 Å². The van der Waals surface area contributed by atoms with Crippen LogP contribution in [-0.2, 0) is 25.9 Å². The third kappa shape index (κ3) is 6.29. The van der Waals surface area contributed by atoms with Gasteiger partial charge in [0.15, 0.2) is 14.6 Å². The fourth-order valence-electron chi connectivity index (χ4n) is 3.10. The summed E-state index contributed by atoms with van der Waals surface area (Å²) in [4.78, 5) is 29.4. The Morgan fingerprint density at radius 3 is 2.45 bits per heavy atom. The summed E-state index contributed by atoms with van der Waals surface area (Å²) in [5.74, 6) is -0.319. The van der Waals surface area contributed by atoms with E-state index in [1.54, 1.807) is 34.9 Å². The molecule has 1 aromatic heterocycles. The van der Waals surface area contributed by atoms with E-state index in [4.69, 9.17) is 9.47 Å². The Bertz CT molecular complexity index is 1320. The van der Waals surface area contributed by atoms with Gasteiger partial charge in [0.05, 0.1) is 28.8 Å². The van der Waals surface area contributed by atoms with Crippen LogP contribution in [0.1, 0.15) is 36.5 Å². The number of benzene rings is 2. The number of hydrogen-bond donors (Lipinski definition) is 0. The molecule has 0 bridgehead atoms. The number of amides is 1. The molecule has 0 fully saturated rings. The van der Waals surface area contributed by atoms with Gasteiger partial charge < -0.3 is 14.0 Å². The summed E-state index contributed by atoms with van der Waals surface area (Å²) < 4.78 is 36.4. The van der Waals surface area contributed by atoms with Gasteiger partial charge in [-0.2, -0.15) is 4.99 Å². The average molecular weight is 491 g/mol. The molecule has 0 aliphatic rings. The number of sulfone groups is 1. The summed E-state index contributed by atoms with van der Waals surface area (Å²) in [6.07, 6.45) is 4.30. The molecule has 1 amide bonds. The second kappa shape index (κ2) is 10.8. The Labute approximate surface area is 196 Å². The van der Waals surface area contributed by atoms with Crippen molar-refractivity contribution in [2.75, 3.05) is 20.0 Å². The Hall–Kier alpha value is -2.98.